The normalized spacial score (nSPS) is 18.0. The zero-order chi connectivity index (χ0) is 20.2. The number of aromatic nitrogens is 2. The molecule has 1 unspecified atom stereocenters. The summed E-state index contributed by atoms with van der Waals surface area (Å²) >= 11 is 0. The first kappa shape index (κ1) is 16.6. The average molecular weight is 402 g/mol. The second-order valence-electron chi connectivity index (χ2n) is 6.92. The van der Waals surface area contributed by atoms with E-state index in [-0.39, 0.29) is 19.5 Å². The lowest BCUT2D eigenvalue weighted by Crippen LogP contribution is -2.21. The lowest BCUT2D eigenvalue weighted by Gasteiger charge is -2.24. The van der Waals surface area contributed by atoms with E-state index in [1.54, 1.807) is 0 Å². The highest BCUT2D eigenvalue weighted by Gasteiger charge is 2.36. The van der Waals surface area contributed by atoms with Crippen LogP contribution in [0, 0.1) is 11.3 Å². The number of nitrogens with one attached hydrogen (secondary N) is 1. The van der Waals surface area contributed by atoms with E-state index in [2.05, 4.69) is 16.3 Å². The topological polar surface area (TPSA) is 125 Å². The SMILES string of the molecule is N#CC1=C(N)Oc2n[nH]c(-c3ccc4c(c3)OCO4)c2C1c1ccc2c(c1)OCO2. The molecule has 1 atom stereocenters. The molecule has 0 spiro atoms. The largest absolute Gasteiger partial charge is 0.454 e. The molecular formula is C21H14N4O5. The Hall–Kier alpha value is -4.32. The standard InChI is InChI=1S/C21H14N4O5/c22-7-12-17(10-1-3-13-15(5-10)28-8-26-13)18-19(24-25-21(18)30-20(12)23)11-2-4-14-16(6-11)29-9-27-14/h1-6,17H,8-9,23H2,(H,24,25). The summed E-state index contributed by atoms with van der Waals surface area (Å²) in [6.07, 6.45) is 0. The van der Waals surface area contributed by atoms with Crippen LogP contribution in [0.2, 0.25) is 0 Å². The van der Waals surface area contributed by atoms with Gasteiger partial charge in [-0.2, -0.15) is 5.26 Å². The summed E-state index contributed by atoms with van der Waals surface area (Å²) in [5, 5.41) is 17.2. The van der Waals surface area contributed by atoms with E-state index in [0.29, 0.717) is 45.7 Å². The first-order valence-electron chi connectivity index (χ1n) is 9.18. The van der Waals surface area contributed by atoms with Gasteiger partial charge in [-0.3, -0.25) is 5.10 Å². The first-order valence-corrected chi connectivity index (χ1v) is 9.18. The van der Waals surface area contributed by atoms with E-state index >= 15 is 0 Å². The molecule has 3 N–H and O–H groups in total. The number of fused-ring (bicyclic) bond motifs is 3. The second kappa shape index (κ2) is 6.09. The van der Waals surface area contributed by atoms with Crippen molar-refractivity contribution in [1.82, 2.24) is 10.2 Å². The Balaban J connectivity index is 1.54. The van der Waals surface area contributed by atoms with Crippen molar-refractivity contribution in [3.63, 3.8) is 0 Å². The maximum Gasteiger partial charge on any atom is 0.244 e. The van der Waals surface area contributed by atoms with E-state index < -0.39 is 5.92 Å². The highest BCUT2D eigenvalue weighted by molar-refractivity contribution is 5.73. The molecule has 0 fully saturated rings. The number of allylic oxidation sites excluding steroid dienone is 1. The van der Waals surface area contributed by atoms with Crippen LogP contribution in [0.1, 0.15) is 17.0 Å². The van der Waals surface area contributed by atoms with Crippen LogP contribution >= 0.6 is 0 Å². The van der Waals surface area contributed by atoms with Crippen molar-refractivity contribution in [1.29, 1.82) is 5.26 Å². The average Bonchev–Trinajstić information content (AvgIpc) is 3.50. The Morgan fingerprint density at radius 1 is 0.967 bits per heavy atom. The predicted molar refractivity (Wildman–Crippen MR) is 102 cm³/mol. The molecule has 0 aliphatic carbocycles. The van der Waals surface area contributed by atoms with Crippen LogP contribution in [0.15, 0.2) is 47.9 Å². The lowest BCUT2D eigenvalue weighted by molar-refractivity contribution is 0.173. The number of rotatable bonds is 2. The van der Waals surface area contributed by atoms with Gasteiger partial charge in [-0.05, 0) is 35.9 Å². The van der Waals surface area contributed by atoms with Gasteiger partial charge in [0.1, 0.15) is 11.6 Å². The number of nitriles is 1. The minimum atomic E-state index is -0.493. The molecule has 0 saturated carbocycles. The van der Waals surface area contributed by atoms with Gasteiger partial charge in [0.05, 0.1) is 17.2 Å². The molecule has 30 heavy (non-hydrogen) atoms. The molecule has 9 heteroatoms. The fraction of sp³-hybridized carbons (Fsp3) is 0.143. The lowest BCUT2D eigenvalue weighted by atomic mass is 9.83. The second-order valence-corrected chi connectivity index (χ2v) is 6.92. The maximum absolute atomic E-state index is 9.85. The van der Waals surface area contributed by atoms with Crippen LogP contribution in [0.25, 0.3) is 11.3 Å². The highest BCUT2D eigenvalue weighted by Crippen LogP contribution is 2.48. The fourth-order valence-corrected chi connectivity index (χ4v) is 3.94. The number of benzene rings is 2. The van der Waals surface area contributed by atoms with Crippen molar-refractivity contribution in [3.05, 3.63) is 59.0 Å². The number of nitrogens with two attached hydrogens (primary N) is 1. The molecule has 1 aromatic heterocycles. The van der Waals surface area contributed by atoms with E-state index in [1.807, 2.05) is 36.4 Å². The van der Waals surface area contributed by atoms with Crippen LogP contribution in [0.5, 0.6) is 28.9 Å². The third-order valence-electron chi connectivity index (χ3n) is 5.33. The molecule has 6 rings (SSSR count). The van der Waals surface area contributed by atoms with E-state index in [1.165, 1.54) is 0 Å². The molecule has 3 aliphatic rings. The summed E-state index contributed by atoms with van der Waals surface area (Å²) in [6.45, 7) is 0.343. The molecule has 148 valence electrons. The Bertz CT molecular complexity index is 1270. The van der Waals surface area contributed by atoms with Gasteiger partial charge >= 0.3 is 0 Å². The number of ether oxygens (including phenoxy) is 5. The third kappa shape index (κ3) is 2.31. The molecular weight excluding hydrogens is 388 g/mol. The quantitative estimate of drug-likeness (QED) is 0.670. The first-order chi connectivity index (χ1) is 14.7. The number of H-pyrrole nitrogens is 1. The van der Waals surface area contributed by atoms with Crippen molar-refractivity contribution in [2.75, 3.05) is 13.6 Å². The highest BCUT2D eigenvalue weighted by atomic mass is 16.7. The molecule has 4 heterocycles. The van der Waals surface area contributed by atoms with Gasteiger partial charge in [0.2, 0.25) is 25.3 Å². The molecule has 3 aromatic rings. The molecule has 2 aromatic carbocycles. The summed E-state index contributed by atoms with van der Waals surface area (Å²) in [5.74, 6) is 2.44. The smallest absolute Gasteiger partial charge is 0.244 e. The number of hydrogen-bond acceptors (Lipinski definition) is 8. The van der Waals surface area contributed by atoms with Crippen molar-refractivity contribution >= 4 is 0 Å². The fourth-order valence-electron chi connectivity index (χ4n) is 3.94. The number of hydrogen-bond donors (Lipinski definition) is 2. The van der Waals surface area contributed by atoms with E-state index in [4.69, 9.17) is 29.4 Å². The van der Waals surface area contributed by atoms with Gasteiger partial charge in [0.15, 0.2) is 23.0 Å². The van der Waals surface area contributed by atoms with Gasteiger partial charge in [0.25, 0.3) is 0 Å². The van der Waals surface area contributed by atoms with Crippen molar-refractivity contribution in [3.8, 4) is 46.2 Å². The van der Waals surface area contributed by atoms with Crippen LogP contribution < -0.4 is 29.4 Å². The van der Waals surface area contributed by atoms with Crippen LogP contribution in [0.3, 0.4) is 0 Å². The van der Waals surface area contributed by atoms with Gasteiger partial charge in [-0.15, -0.1) is 5.10 Å². The number of nitrogens with zero attached hydrogens (tertiary/aromatic N) is 2. The summed E-state index contributed by atoms with van der Waals surface area (Å²) in [4.78, 5) is 0. The van der Waals surface area contributed by atoms with E-state index in [0.717, 1.165) is 11.1 Å². The zero-order valence-corrected chi connectivity index (χ0v) is 15.5. The summed E-state index contributed by atoms with van der Waals surface area (Å²) in [5.41, 5.74) is 9.39. The molecule has 3 aliphatic heterocycles. The predicted octanol–water partition coefficient (Wildman–Crippen LogP) is 2.75. The van der Waals surface area contributed by atoms with Crippen molar-refractivity contribution < 1.29 is 23.7 Å². The van der Waals surface area contributed by atoms with Crippen LogP contribution in [-0.4, -0.2) is 23.8 Å². The Morgan fingerprint density at radius 3 is 2.43 bits per heavy atom. The monoisotopic (exact) mass is 402 g/mol. The molecule has 0 amide bonds. The molecule has 0 saturated heterocycles. The van der Waals surface area contributed by atoms with Gasteiger partial charge in [0, 0.05) is 5.56 Å². The van der Waals surface area contributed by atoms with Gasteiger partial charge in [-0.25, -0.2) is 0 Å². The zero-order valence-electron chi connectivity index (χ0n) is 15.5. The Kier molecular flexibility index (Phi) is 3.37. The van der Waals surface area contributed by atoms with Gasteiger partial charge < -0.3 is 29.4 Å². The number of aromatic amines is 1. The summed E-state index contributed by atoms with van der Waals surface area (Å²) in [7, 11) is 0. The van der Waals surface area contributed by atoms with Crippen LogP contribution in [0.4, 0.5) is 0 Å². The van der Waals surface area contributed by atoms with Crippen LogP contribution in [-0.2, 0) is 0 Å². The van der Waals surface area contributed by atoms with E-state index in [9.17, 15) is 5.26 Å². The van der Waals surface area contributed by atoms with Crippen molar-refractivity contribution in [2.45, 2.75) is 5.92 Å². The van der Waals surface area contributed by atoms with Crippen molar-refractivity contribution in [2.24, 2.45) is 5.73 Å². The van der Waals surface area contributed by atoms with Gasteiger partial charge in [-0.1, -0.05) is 6.07 Å². The maximum atomic E-state index is 9.85. The summed E-state index contributed by atoms with van der Waals surface area (Å²) in [6, 6.07) is 13.3. The Labute approximate surface area is 170 Å². The molecule has 0 bridgehead atoms. The molecule has 0 radical (unpaired) electrons. The minimum absolute atomic E-state index is 0.0244. The molecule has 9 nitrogen and oxygen atoms in total. The summed E-state index contributed by atoms with van der Waals surface area (Å²) < 4.78 is 27.5. The Morgan fingerprint density at radius 2 is 1.67 bits per heavy atom. The minimum Gasteiger partial charge on any atom is -0.454 e. The third-order valence-corrected chi connectivity index (χ3v) is 5.33.